The largest absolute Gasteiger partial charge is 0.462 e. The number of nitrogens with two attached hydrogens (primary N) is 1. The molecule has 0 fully saturated rings. The van der Waals surface area contributed by atoms with Gasteiger partial charge in [0.1, 0.15) is 18.1 Å². The molecule has 3 heteroatoms. The van der Waals surface area contributed by atoms with E-state index in [1.807, 2.05) is 12.1 Å². The highest BCUT2D eigenvalue weighted by atomic mass is 16.5. The van der Waals surface area contributed by atoms with Crippen LogP contribution in [-0.4, -0.2) is 7.11 Å². The Morgan fingerprint density at radius 3 is 2.74 bits per heavy atom. The molecule has 2 rings (SSSR count). The van der Waals surface area contributed by atoms with Crippen LogP contribution < -0.4 is 5.73 Å². The summed E-state index contributed by atoms with van der Waals surface area (Å²) < 4.78 is 10.7. The topological polar surface area (TPSA) is 48.4 Å². The predicted octanol–water partition coefficient (Wildman–Crippen LogP) is 3.29. The van der Waals surface area contributed by atoms with Crippen molar-refractivity contribution in [2.24, 2.45) is 5.73 Å². The van der Waals surface area contributed by atoms with Crippen LogP contribution in [0.1, 0.15) is 34.3 Å². The van der Waals surface area contributed by atoms with Gasteiger partial charge in [0.2, 0.25) is 0 Å². The molecule has 3 nitrogen and oxygen atoms in total. The van der Waals surface area contributed by atoms with Gasteiger partial charge in [-0.05, 0) is 43.5 Å². The first-order valence-electron chi connectivity index (χ1n) is 6.49. The molecule has 0 saturated carbocycles. The third kappa shape index (κ3) is 3.46. The Hall–Kier alpha value is -1.58. The molecule has 1 heterocycles. The van der Waals surface area contributed by atoms with E-state index in [0.29, 0.717) is 6.61 Å². The van der Waals surface area contributed by atoms with Gasteiger partial charge >= 0.3 is 0 Å². The molecule has 0 aliphatic heterocycles. The van der Waals surface area contributed by atoms with Crippen molar-refractivity contribution in [3.8, 4) is 0 Å². The molecule has 1 unspecified atom stereocenters. The number of hydrogen-bond donors (Lipinski definition) is 1. The van der Waals surface area contributed by atoms with Crippen LogP contribution in [0.5, 0.6) is 0 Å². The van der Waals surface area contributed by atoms with Gasteiger partial charge in [0.15, 0.2) is 0 Å². The standard InChI is InChI=1S/C16H21NO2/c1-11-4-5-12(2)13(8-11)9-15(17)16-7-6-14(19-16)10-18-3/h4-8,15H,9-10,17H2,1-3H3. The second-order valence-electron chi connectivity index (χ2n) is 4.98. The zero-order valence-electron chi connectivity index (χ0n) is 11.8. The van der Waals surface area contributed by atoms with E-state index in [1.165, 1.54) is 16.7 Å². The Morgan fingerprint density at radius 1 is 1.21 bits per heavy atom. The molecular weight excluding hydrogens is 238 g/mol. The molecule has 1 aromatic carbocycles. The Morgan fingerprint density at radius 2 is 2.00 bits per heavy atom. The molecule has 0 spiro atoms. The zero-order chi connectivity index (χ0) is 13.8. The van der Waals surface area contributed by atoms with Gasteiger partial charge < -0.3 is 14.9 Å². The van der Waals surface area contributed by atoms with Crippen LogP contribution in [0.2, 0.25) is 0 Å². The fraction of sp³-hybridized carbons (Fsp3) is 0.375. The summed E-state index contributed by atoms with van der Waals surface area (Å²) in [6, 6.07) is 10.2. The van der Waals surface area contributed by atoms with Crippen LogP contribution in [0.4, 0.5) is 0 Å². The van der Waals surface area contributed by atoms with E-state index >= 15 is 0 Å². The molecule has 19 heavy (non-hydrogen) atoms. The summed E-state index contributed by atoms with van der Waals surface area (Å²) in [6.45, 7) is 4.69. The second-order valence-corrected chi connectivity index (χ2v) is 4.98. The molecule has 0 aliphatic carbocycles. The average Bonchev–Trinajstić information content (AvgIpc) is 2.83. The number of methoxy groups -OCH3 is 1. The second kappa shape index (κ2) is 6.04. The smallest absolute Gasteiger partial charge is 0.129 e. The average molecular weight is 259 g/mol. The van der Waals surface area contributed by atoms with E-state index in [-0.39, 0.29) is 6.04 Å². The molecule has 0 amide bonds. The molecule has 2 aromatic rings. The van der Waals surface area contributed by atoms with Gasteiger partial charge in [0.05, 0.1) is 6.04 Å². The summed E-state index contributed by atoms with van der Waals surface area (Å²) in [6.07, 6.45) is 0.785. The fourth-order valence-corrected chi connectivity index (χ4v) is 2.17. The van der Waals surface area contributed by atoms with Gasteiger partial charge in [0, 0.05) is 7.11 Å². The van der Waals surface area contributed by atoms with Gasteiger partial charge in [-0.25, -0.2) is 0 Å². The van der Waals surface area contributed by atoms with Crippen LogP contribution in [-0.2, 0) is 17.8 Å². The van der Waals surface area contributed by atoms with E-state index in [1.54, 1.807) is 7.11 Å². The van der Waals surface area contributed by atoms with Crippen molar-refractivity contribution in [2.75, 3.05) is 7.11 Å². The SMILES string of the molecule is COCc1ccc(C(N)Cc2cc(C)ccc2C)o1. The van der Waals surface area contributed by atoms with Crippen molar-refractivity contribution >= 4 is 0 Å². The molecular formula is C16H21NO2. The van der Waals surface area contributed by atoms with Gasteiger partial charge in [-0.1, -0.05) is 23.8 Å². The van der Waals surface area contributed by atoms with Gasteiger partial charge in [-0.15, -0.1) is 0 Å². The predicted molar refractivity (Wildman–Crippen MR) is 76.0 cm³/mol. The van der Waals surface area contributed by atoms with Crippen LogP contribution in [0.25, 0.3) is 0 Å². The van der Waals surface area contributed by atoms with Gasteiger partial charge in [-0.3, -0.25) is 0 Å². The molecule has 0 saturated heterocycles. The molecule has 0 radical (unpaired) electrons. The van der Waals surface area contributed by atoms with Crippen LogP contribution in [0.3, 0.4) is 0 Å². The minimum Gasteiger partial charge on any atom is -0.462 e. The van der Waals surface area contributed by atoms with Crippen LogP contribution in [0, 0.1) is 13.8 Å². The van der Waals surface area contributed by atoms with Crippen molar-refractivity contribution < 1.29 is 9.15 Å². The van der Waals surface area contributed by atoms with Crippen molar-refractivity contribution in [1.29, 1.82) is 0 Å². The summed E-state index contributed by atoms with van der Waals surface area (Å²) in [5.41, 5.74) is 10.0. The zero-order valence-corrected chi connectivity index (χ0v) is 11.8. The number of benzene rings is 1. The third-order valence-electron chi connectivity index (χ3n) is 3.28. The van der Waals surface area contributed by atoms with Crippen LogP contribution in [0.15, 0.2) is 34.7 Å². The molecule has 0 aliphatic rings. The Kier molecular flexibility index (Phi) is 4.40. The summed E-state index contributed by atoms with van der Waals surface area (Å²) in [5.74, 6) is 1.63. The number of aryl methyl sites for hydroxylation is 2. The lowest BCUT2D eigenvalue weighted by Gasteiger charge is -2.12. The maximum Gasteiger partial charge on any atom is 0.129 e. The fourth-order valence-electron chi connectivity index (χ4n) is 2.17. The van der Waals surface area contributed by atoms with Crippen molar-refractivity contribution in [3.63, 3.8) is 0 Å². The lowest BCUT2D eigenvalue weighted by atomic mass is 9.98. The summed E-state index contributed by atoms with van der Waals surface area (Å²) in [4.78, 5) is 0. The Labute approximate surface area is 114 Å². The van der Waals surface area contributed by atoms with Crippen molar-refractivity contribution in [1.82, 2.24) is 0 Å². The highest BCUT2D eigenvalue weighted by molar-refractivity contribution is 5.31. The molecule has 1 atom stereocenters. The molecule has 2 N–H and O–H groups in total. The Balaban J connectivity index is 2.11. The normalized spacial score (nSPS) is 12.6. The van der Waals surface area contributed by atoms with E-state index in [9.17, 15) is 0 Å². The summed E-state index contributed by atoms with van der Waals surface area (Å²) >= 11 is 0. The van der Waals surface area contributed by atoms with Gasteiger partial charge in [0.25, 0.3) is 0 Å². The van der Waals surface area contributed by atoms with Crippen molar-refractivity contribution in [2.45, 2.75) is 32.9 Å². The molecule has 1 aromatic heterocycles. The lowest BCUT2D eigenvalue weighted by molar-refractivity contribution is 0.162. The molecule has 0 bridgehead atoms. The van der Waals surface area contributed by atoms with Crippen LogP contribution >= 0.6 is 0 Å². The van der Waals surface area contributed by atoms with E-state index < -0.39 is 0 Å². The number of ether oxygens (including phenoxy) is 1. The highest BCUT2D eigenvalue weighted by Crippen LogP contribution is 2.21. The number of furan rings is 1. The first-order chi connectivity index (χ1) is 9.10. The number of hydrogen-bond acceptors (Lipinski definition) is 3. The highest BCUT2D eigenvalue weighted by Gasteiger charge is 2.13. The summed E-state index contributed by atoms with van der Waals surface area (Å²) in [5, 5.41) is 0. The van der Waals surface area contributed by atoms with E-state index in [2.05, 4.69) is 32.0 Å². The molecule has 102 valence electrons. The monoisotopic (exact) mass is 259 g/mol. The Bertz CT molecular complexity index is 545. The van der Waals surface area contributed by atoms with E-state index in [0.717, 1.165) is 17.9 Å². The quantitative estimate of drug-likeness (QED) is 0.896. The number of rotatable bonds is 5. The minimum atomic E-state index is -0.119. The van der Waals surface area contributed by atoms with E-state index in [4.69, 9.17) is 14.9 Å². The van der Waals surface area contributed by atoms with Gasteiger partial charge in [-0.2, -0.15) is 0 Å². The third-order valence-corrected chi connectivity index (χ3v) is 3.28. The first kappa shape index (κ1) is 13.8. The van der Waals surface area contributed by atoms with Crippen molar-refractivity contribution in [3.05, 3.63) is 58.5 Å². The lowest BCUT2D eigenvalue weighted by Crippen LogP contribution is -2.13. The first-order valence-corrected chi connectivity index (χ1v) is 6.49. The minimum absolute atomic E-state index is 0.119. The maximum atomic E-state index is 6.22. The maximum absolute atomic E-state index is 6.22. The summed E-state index contributed by atoms with van der Waals surface area (Å²) in [7, 11) is 1.65.